The van der Waals surface area contributed by atoms with Crippen LogP contribution in [0.5, 0.6) is 0 Å². The second-order valence-corrected chi connectivity index (χ2v) is 4.44. The van der Waals surface area contributed by atoms with Crippen molar-refractivity contribution in [1.82, 2.24) is 5.32 Å². The number of carbonyl (C=O) groups is 1. The maximum Gasteiger partial charge on any atom is 0.220 e. The van der Waals surface area contributed by atoms with Crippen LogP contribution in [0.2, 0.25) is 0 Å². The first-order valence-electron chi connectivity index (χ1n) is 5.69. The topological polar surface area (TPSA) is 55.1 Å². The van der Waals surface area contributed by atoms with Crippen molar-refractivity contribution in [2.24, 2.45) is 11.1 Å². The molecule has 0 spiro atoms. The van der Waals surface area contributed by atoms with E-state index in [2.05, 4.69) is 5.32 Å². The molecule has 1 saturated carbocycles. The fourth-order valence-corrected chi connectivity index (χ4v) is 2.18. The van der Waals surface area contributed by atoms with Crippen molar-refractivity contribution in [3.05, 3.63) is 0 Å². The van der Waals surface area contributed by atoms with Gasteiger partial charge in [-0.25, -0.2) is 0 Å². The van der Waals surface area contributed by atoms with Gasteiger partial charge in [-0.05, 0) is 31.2 Å². The molecule has 82 valence electrons. The predicted molar refractivity (Wildman–Crippen MR) is 57.9 cm³/mol. The van der Waals surface area contributed by atoms with Crippen LogP contribution in [0.15, 0.2) is 0 Å². The van der Waals surface area contributed by atoms with Gasteiger partial charge in [-0.1, -0.05) is 19.8 Å². The van der Waals surface area contributed by atoms with Gasteiger partial charge in [0.1, 0.15) is 0 Å². The summed E-state index contributed by atoms with van der Waals surface area (Å²) in [4.78, 5) is 11.3. The number of amides is 1. The summed E-state index contributed by atoms with van der Waals surface area (Å²) in [6.07, 6.45) is 6.44. The molecular formula is C11H22N2O. The van der Waals surface area contributed by atoms with E-state index in [0.717, 1.165) is 13.0 Å². The van der Waals surface area contributed by atoms with Crippen LogP contribution in [0.25, 0.3) is 0 Å². The van der Waals surface area contributed by atoms with Crippen LogP contribution < -0.4 is 11.1 Å². The van der Waals surface area contributed by atoms with Gasteiger partial charge in [0.2, 0.25) is 5.91 Å². The van der Waals surface area contributed by atoms with E-state index in [0.29, 0.717) is 13.0 Å². The third-order valence-electron chi connectivity index (χ3n) is 3.23. The number of nitrogens with one attached hydrogen (secondary N) is 1. The zero-order valence-electron chi connectivity index (χ0n) is 9.14. The molecule has 14 heavy (non-hydrogen) atoms. The van der Waals surface area contributed by atoms with E-state index in [1.807, 2.05) is 6.92 Å². The van der Waals surface area contributed by atoms with Crippen molar-refractivity contribution in [2.45, 2.75) is 45.4 Å². The number of nitrogens with two attached hydrogens (primary N) is 1. The molecule has 0 radical (unpaired) electrons. The molecule has 1 aliphatic rings. The third-order valence-corrected chi connectivity index (χ3v) is 3.23. The molecule has 0 aliphatic heterocycles. The molecule has 0 bridgehead atoms. The number of carbonyl (C=O) groups excluding carboxylic acids is 1. The molecule has 0 aromatic heterocycles. The van der Waals surface area contributed by atoms with Gasteiger partial charge in [0, 0.05) is 13.0 Å². The van der Waals surface area contributed by atoms with Crippen LogP contribution in [0.1, 0.15) is 45.4 Å². The molecule has 0 saturated heterocycles. The van der Waals surface area contributed by atoms with Gasteiger partial charge in [0.15, 0.2) is 0 Å². The Kier molecular flexibility index (Phi) is 4.39. The first-order valence-corrected chi connectivity index (χ1v) is 5.69. The van der Waals surface area contributed by atoms with Crippen LogP contribution in [-0.4, -0.2) is 19.0 Å². The molecule has 0 aromatic rings. The Morgan fingerprint density at radius 3 is 2.57 bits per heavy atom. The monoisotopic (exact) mass is 198 g/mol. The first kappa shape index (κ1) is 11.5. The molecular weight excluding hydrogens is 176 g/mol. The first-order chi connectivity index (χ1) is 6.72. The minimum absolute atomic E-state index is 0.173. The lowest BCUT2D eigenvalue weighted by Gasteiger charge is -2.27. The summed E-state index contributed by atoms with van der Waals surface area (Å²) in [7, 11) is 0. The fourth-order valence-electron chi connectivity index (χ4n) is 2.18. The molecule has 1 rings (SSSR count). The maximum absolute atomic E-state index is 11.3. The maximum atomic E-state index is 11.3. The Morgan fingerprint density at radius 1 is 1.43 bits per heavy atom. The summed E-state index contributed by atoms with van der Waals surface area (Å²) in [5.74, 6) is 0.173. The van der Waals surface area contributed by atoms with E-state index in [-0.39, 0.29) is 11.3 Å². The lowest BCUT2D eigenvalue weighted by atomic mass is 9.86. The lowest BCUT2D eigenvalue weighted by Crippen LogP contribution is -2.40. The van der Waals surface area contributed by atoms with E-state index in [9.17, 15) is 4.79 Å². The molecule has 3 nitrogen and oxygen atoms in total. The summed E-state index contributed by atoms with van der Waals surface area (Å²) < 4.78 is 0. The summed E-state index contributed by atoms with van der Waals surface area (Å²) in [6.45, 7) is 3.51. The Morgan fingerprint density at radius 2 is 2.07 bits per heavy atom. The molecule has 1 aliphatic carbocycles. The van der Waals surface area contributed by atoms with Crippen LogP contribution >= 0.6 is 0 Å². The lowest BCUT2D eigenvalue weighted by molar-refractivity contribution is -0.121. The Labute approximate surface area is 86.4 Å². The van der Waals surface area contributed by atoms with Gasteiger partial charge in [-0.15, -0.1) is 0 Å². The Bertz CT molecular complexity index is 186. The highest BCUT2D eigenvalue weighted by atomic mass is 16.1. The second kappa shape index (κ2) is 5.35. The van der Waals surface area contributed by atoms with Crippen LogP contribution in [0.4, 0.5) is 0 Å². The van der Waals surface area contributed by atoms with E-state index in [4.69, 9.17) is 5.73 Å². The summed E-state index contributed by atoms with van der Waals surface area (Å²) >= 11 is 0. The number of hydrogen-bond acceptors (Lipinski definition) is 2. The van der Waals surface area contributed by atoms with Crippen molar-refractivity contribution in [2.75, 3.05) is 13.1 Å². The van der Waals surface area contributed by atoms with E-state index >= 15 is 0 Å². The van der Waals surface area contributed by atoms with Gasteiger partial charge in [0.25, 0.3) is 0 Å². The van der Waals surface area contributed by atoms with Crippen molar-refractivity contribution < 1.29 is 4.79 Å². The van der Waals surface area contributed by atoms with Crippen LogP contribution in [0.3, 0.4) is 0 Å². The molecule has 1 fully saturated rings. The molecule has 0 atom stereocenters. The van der Waals surface area contributed by atoms with E-state index in [1.165, 1.54) is 25.7 Å². The van der Waals surface area contributed by atoms with E-state index in [1.54, 1.807) is 0 Å². The smallest absolute Gasteiger partial charge is 0.220 e. The van der Waals surface area contributed by atoms with Gasteiger partial charge in [0.05, 0.1) is 0 Å². The molecule has 0 unspecified atom stereocenters. The highest BCUT2D eigenvalue weighted by Crippen LogP contribution is 2.36. The number of hydrogen-bond donors (Lipinski definition) is 2. The van der Waals surface area contributed by atoms with Crippen molar-refractivity contribution in [3.8, 4) is 0 Å². The molecule has 0 heterocycles. The Hall–Kier alpha value is -0.570. The largest absolute Gasteiger partial charge is 0.355 e. The molecule has 3 N–H and O–H groups in total. The second-order valence-electron chi connectivity index (χ2n) is 4.44. The molecule has 1 amide bonds. The van der Waals surface area contributed by atoms with Crippen LogP contribution in [-0.2, 0) is 4.79 Å². The van der Waals surface area contributed by atoms with Crippen LogP contribution in [0, 0.1) is 5.41 Å². The van der Waals surface area contributed by atoms with Crippen molar-refractivity contribution in [1.29, 1.82) is 0 Å². The normalized spacial score (nSPS) is 19.6. The SMILES string of the molecule is CCCC(=O)NCC1(CN)CCCC1. The van der Waals surface area contributed by atoms with Gasteiger partial charge >= 0.3 is 0 Å². The fraction of sp³-hybridized carbons (Fsp3) is 0.909. The van der Waals surface area contributed by atoms with Gasteiger partial charge in [-0.3, -0.25) is 4.79 Å². The van der Waals surface area contributed by atoms with Gasteiger partial charge < -0.3 is 11.1 Å². The van der Waals surface area contributed by atoms with E-state index < -0.39 is 0 Å². The quantitative estimate of drug-likeness (QED) is 0.702. The highest BCUT2D eigenvalue weighted by molar-refractivity contribution is 5.75. The Balaban J connectivity index is 2.30. The standard InChI is InChI=1S/C11H22N2O/c1-2-5-10(14)13-9-11(8-12)6-3-4-7-11/h2-9,12H2,1H3,(H,13,14). The molecule has 0 aromatic carbocycles. The summed E-state index contributed by atoms with van der Waals surface area (Å²) in [6, 6.07) is 0. The third kappa shape index (κ3) is 2.98. The zero-order chi connectivity index (χ0) is 10.4. The minimum atomic E-state index is 0.173. The number of rotatable bonds is 5. The minimum Gasteiger partial charge on any atom is -0.355 e. The zero-order valence-corrected chi connectivity index (χ0v) is 9.14. The average molecular weight is 198 g/mol. The van der Waals surface area contributed by atoms with Crippen molar-refractivity contribution in [3.63, 3.8) is 0 Å². The van der Waals surface area contributed by atoms with Gasteiger partial charge in [-0.2, -0.15) is 0 Å². The molecule has 3 heteroatoms. The summed E-state index contributed by atoms with van der Waals surface area (Å²) in [5.41, 5.74) is 5.99. The predicted octanol–water partition coefficient (Wildman–Crippen LogP) is 1.42. The average Bonchev–Trinajstić information content (AvgIpc) is 2.65. The highest BCUT2D eigenvalue weighted by Gasteiger charge is 2.32. The summed E-state index contributed by atoms with van der Waals surface area (Å²) in [5, 5.41) is 3.00. The van der Waals surface area contributed by atoms with Crippen molar-refractivity contribution >= 4 is 5.91 Å².